The molecule has 0 aromatic heterocycles. The van der Waals surface area contributed by atoms with Gasteiger partial charge in [0.15, 0.2) is 0 Å². The van der Waals surface area contributed by atoms with Crippen molar-refractivity contribution in [2.24, 2.45) is 0 Å². The van der Waals surface area contributed by atoms with Crippen LogP contribution in [0.2, 0.25) is 0 Å². The van der Waals surface area contributed by atoms with Crippen LogP contribution in [0.15, 0.2) is 0 Å². The molecule has 0 saturated heterocycles. The minimum atomic E-state index is -2.71. The van der Waals surface area contributed by atoms with E-state index in [1.165, 1.54) is 0 Å². The second-order valence-corrected chi connectivity index (χ2v) is 4.66. The molecule has 1 unspecified atom stereocenters. The monoisotopic (exact) mass is 278 g/mol. The van der Waals surface area contributed by atoms with Gasteiger partial charge in [-0.2, -0.15) is 8.78 Å². The quantitative estimate of drug-likeness (QED) is 0.684. The van der Waals surface area contributed by atoms with E-state index in [-0.39, 0.29) is 11.2 Å². The topological polar surface area (TPSA) is 0 Å². The fourth-order valence-electron chi connectivity index (χ4n) is 0.666. The molecule has 0 rings (SSSR count). The van der Waals surface area contributed by atoms with Gasteiger partial charge in [0.25, 0.3) is 0 Å². The van der Waals surface area contributed by atoms with Gasteiger partial charge in [-0.25, -0.2) is 0 Å². The highest BCUT2D eigenvalue weighted by Crippen LogP contribution is 2.31. The first-order chi connectivity index (χ1) is 4.45. The van der Waals surface area contributed by atoms with E-state index in [1.54, 1.807) is 0 Å². The summed E-state index contributed by atoms with van der Waals surface area (Å²) in [5.41, 5.74) is 0. The molecule has 10 heavy (non-hydrogen) atoms. The van der Waals surface area contributed by atoms with E-state index in [1.807, 2.05) is 6.92 Å². The van der Waals surface area contributed by atoms with Gasteiger partial charge < -0.3 is 0 Å². The summed E-state index contributed by atoms with van der Waals surface area (Å²) in [6.07, 6.45) is 1.58. The second kappa shape index (κ2) is 4.65. The predicted octanol–water partition coefficient (Wildman–Crippen LogP) is 3.93. The van der Waals surface area contributed by atoms with Crippen LogP contribution in [0.3, 0.4) is 0 Å². The number of halogens is 4. The van der Waals surface area contributed by atoms with Gasteiger partial charge in [-0.3, -0.25) is 0 Å². The van der Waals surface area contributed by atoms with Crippen molar-refractivity contribution in [3.05, 3.63) is 0 Å². The third-order valence-corrected chi connectivity index (χ3v) is 2.16. The summed E-state index contributed by atoms with van der Waals surface area (Å²) < 4.78 is 24.4. The van der Waals surface area contributed by atoms with E-state index >= 15 is 0 Å². The van der Waals surface area contributed by atoms with Crippen molar-refractivity contribution in [3.8, 4) is 0 Å². The third kappa shape index (κ3) is 6.93. The van der Waals surface area contributed by atoms with Gasteiger partial charge in [0.05, 0.1) is 0 Å². The van der Waals surface area contributed by atoms with Gasteiger partial charge >= 0.3 is 4.83 Å². The molecule has 0 aliphatic heterocycles. The van der Waals surface area contributed by atoms with Crippen LogP contribution in [0.5, 0.6) is 0 Å². The lowest BCUT2D eigenvalue weighted by molar-refractivity contribution is 0.104. The molecule has 0 nitrogen and oxygen atoms in total. The minimum Gasteiger partial charge on any atom is -0.194 e. The SMILES string of the molecule is CCCC(Br)CC(F)(F)Br. The first-order valence-corrected chi connectivity index (χ1v) is 4.87. The highest BCUT2D eigenvalue weighted by atomic mass is 79.9. The van der Waals surface area contributed by atoms with Crippen molar-refractivity contribution in [2.75, 3.05) is 0 Å². The smallest absolute Gasteiger partial charge is 0.194 e. The number of hydrogen-bond acceptors (Lipinski definition) is 0. The molecule has 0 radical (unpaired) electrons. The van der Waals surface area contributed by atoms with Crippen molar-refractivity contribution in [3.63, 3.8) is 0 Å². The van der Waals surface area contributed by atoms with Gasteiger partial charge in [0.2, 0.25) is 0 Å². The molecule has 1 atom stereocenters. The molecule has 0 bridgehead atoms. The molecule has 4 heteroatoms. The largest absolute Gasteiger partial charge is 0.302 e. The van der Waals surface area contributed by atoms with E-state index in [4.69, 9.17) is 0 Å². The summed E-state index contributed by atoms with van der Waals surface area (Å²) in [4.78, 5) is -2.79. The molecular weight excluding hydrogens is 270 g/mol. The normalized spacial score (nSPS) is 15.3. The summed E-state index contributed by atoms with van der Waals surface area (Å²) in [6.45, 7) is 1.97. The van der Waals surface area contributed by atoms with E-state index in [0.29, 0.717) is 0 Å². The number of rotatable bonds is 4. The standard InChI is InChI=1S/C6H10Br2F2/c1-2-3-5(7)4-6(8,9)10/h5H,2-4H2,1H3. The van der Waals surface area contributed by atoms with Crippen LogP contribution in [0.25, 0.3) is 0 Å². The van der Waals surface area contributed by atoms with Crippen molar-refractivity contribution in [2.45, 2.75) is 35.8 Å². The Morgan fingerprint density at radius 3 is 2.30 bits per heavy atom. The molecule has 0 amide bonds. The first-order valence-electron chi connectivity index (χ1n) is 3.16. The third-order valence-electron chi connectivity index (χ3n) is 1.05. The van der Waals surface area contributed by atoms with Gasteiger partial charge in [-0.05, 0) is 22.4 Å². The Labute approximate surface area is 76.6 Å². The molecule has 0 aromatic rings. The second-order valence-electron chi connectivity index (χ2n) is 2.21. The number of alkyl halides is 4. The van der Waals surface area contributed by atoms with E-state index in [0.717, 1.165) is 12.8 Å². The van der Waals surface area contributed by atoms with Gasteiger partial charge in [-0.15, -0.1) is 0 Å². The maximum absolute atomic E-state index is 12.2. The molecule has 0 aliphatic carbocycles. The van der Waals surface area contributed by atoms with Crippen LogP contribution in [0.4, 0.5) is 8.78 Å². The van der Waals surface area contributed by atoms with Gasteiger partial charge in [-0.1, -0.05) is 29.3 Å². The molecule has 62 valence electrons. The zero-order valence-electron chi connectivity index (χ0n) is 5.71. The van der Waals surface area contributed by atoms with E-state index in [2.05, 4.69) is 31.9 Å². The highest BCUT2D eigenvalue weighted by molar-refractivity contribution is 9.10. The maximum Gasteiger partial charge on any atom is 0.302 e. The average molecular weight is 280 g/mol. The van der Waals surface area contributed by atoms with Crippen LogP contribution in [0.1, 0.15) is 26.2 Å². The average Bonchev–Trinajstić information content (AvgIpc) is 1.59. The Balaban J connectivity index is 3.47. The van der Waals surface area contributed by atoms with Crippen LogP contribution >= 0.6 is 31.9 Å². The molecule has 0 heterocycles. The van der Waals surface area contributed by atoms with Crippen LogP contribution in [-0.4, -0.2) is 9.66 Å². The Kier molecular flexibility index (Phi) is 5.03. The summed E-state index contributed by atoms with van der Waals surface area (Å²) in [5, 5.41) is 0. The van der Waals surface area contributed by atoms with Crippen molar-refractivity contribution >= 4 is 31.9 Å². The lowest BCUT2D eigenvalue weighted by Crippen LogP contribution is -2.12. The molecule has 0 fully saturated rings. The molecule has 0 spiro atoms. The van der Waals surface area contributed by atoms with E-state index < -0.39 is 4.83 Å². The molecule has 0 saturated carbocycles. The van der Waals surface area contributed by atoms with Gasteiger partial charge in [0.1, 0.15) is 0 Å². The molecule has 0 aliphatic rings. The van der Waals surface area contributed by atoms with Crippen molar-refractivity contribution in [1.29, 1.82) is 0 Å². The van der Waals surface area contributed by atoms with Crippen LogP contribution in [0, 0.1) is 0 Å². The van der Waals surface area contributed by atoms with E-state index in [9.17, 15) is 8.78 Å². The Bertz CT molecular complexity index is 90.2. The van der Waals surface area contributed by atoms with Gasteiger partial charge in [0, 0.05) is 11.2 Å². The Morgan fingerprint density at radius 1 is 1.50 bits per heavy atom. The summed E-state index contributed by atoms with van der Waals surface area (Å²) in [7, 11) is 0. The van der Waals surface area contributed by atoms with Crippen molar-refractivity contribution < 1.29 is 8.78 Å². The molecule has 0 N–H and O–H groups in total. The lowest BCUT2D eigenvalue weighted by Gasteiger charge is -2.12. The zero-order chi connectivity index (χ0) is 8.20. The zero-order valence-corrected chi connectivity index (χ0v) is 8.88. The van der Waals surface area contributed by atoms with Crippen molar-refractivity contribution in [1.82, 2.24) is 0 Å². The minimum absolute atomic E-state index is 0.0770. The Hall–Kier alpha value is 0.820. The number of hydrogen-bond donors (Lipinski definition) is 0. The molecular formula is C6H10Br2F2. The van der Waals surface area contributed by atoms with Crippen LogP contribution < -0.4 is 0 Å². The summed E-state index contributed by atoms with van der Waals surface area (Å²) in [5.74, 6) is 0. The first kappa shape index (κ1) is 10.8. The fourth-order valence-corrected chi connectivity index (χ4v) is 2.36. The predicted molar refractivity (Wildman–Crippen MR) is 46.1 cm³/mol. The fraction of sp³-hybridized carbons (Fsp3) is 1.00. The lowest BCUT2D eigenvalue weighted by atomic mass is 10.2. The Morgan fingerprint density at radius 2 is 2.00 bits per heavy atom. The van der Waals surface area contributed by atoms with Crippen LogP contribution in [-0.2, 0) is 0 Å². The summed E-state index contributed by atoms with van der Waals surface area (Å²) in [6, 6.07) is 0. The molecule has 0 aromatic carbocycles. The summed E-state index contributed by atoms with van der Waals surface area (Å²) >= 11 is 5.45. The maximum atomic E-state index is 12.2. The highest BCUT2D eigenvalue weighted by Gasteiger charge is 2.26.